The second-order valence-corrected chi connectivity index (χ2v) is 4.37. The van der Waals surface area contributed by atoms with Crippen molar-refractivity contribution >= 4 is 17.2 Å². The van der Waals surface area contributed by atoms with Gasteiger partial charge in [0, 0.05) is 22.5 Å². The fraction of sp³-hybridized carbons (Fsp3) is 0.133. The van der Waals surface area contributed by atoms with Crippen molar-refractivity contribution in [2.75, 3.05) is 11.5 Å². The zero-order chi connectivity index (χ0) is 13.3. The number of carbonyl (C=O) groups excluding carboxylic acids is 1. The molecule has 18 heavy (non-hydrogen) atoms. The molecule has 0 saturated heterocycles. The normalized spacial score (nSPS) is 10.3. The molecule has 0 heterocycles. The van der Waals surface area contributed by atoms with Crippen molar-refractivity contribution in [1.82, 2.24) is 0 Å². The van der Waals surface area contributed by atoms with Crippen LogP contribution in [-0.2, 0) is 0 Å². The van der Waals surface area contributed by atoms with E-state index in [1.807, 2.05) is 13.8 Å². The van der Waals surface area contributed by atoms with Gasteiger partial charge < -0.3 is 11.5 Å². The zero-order valence-corrected chi connectivity index (χ0v) is 10.5. The minimum Gasteiger partial charge on any atom is -0.398 e. The molecule has 0 aliphatic carbocycles. The molecule has 0 spiro atoms. The Hall–Kier alpha value is -2.29. The molecule has 0 radical (unpaired) electrons. The molecule has 0 aromatic heterocycles. The summed E-state index contributed by atoms with van der Waals surface area (Å²) in [6, 6.07) is 10.7. The van der Waals surface area contributed by atoms with E-state index in [0.717, 1.165) is 11.1 Å². The summed E-state index contributed by atoms with van der Waals surface area (Å²) >= 11 is 0. The molecular formula is C15H16N2O. The maximum Gasteiger partial charge on any atom is 0.193 e. The van der Waals surface area contributed by atoms with Crippen LogP contribution in [0, 0.1) is 13.8 Å². The Morgan fingerprint density at radius 1 is 0.833 bits per heavy atom. The maximum absolute atomic E-state index is 12.5. The van der Waals surface area contributed by atoms with Gasteiger partial charge >= 0.3 is 0 Å². The molecule has 4 N–H and O–H groups in total. The number of benzene rings is 2. The van der Waals surface area contributed by atoms with Crippen LogP contribution in [0.15, 0.2) is 36.4 Å². The molecule has 2 aromatic carbocycles. The van der Waals surface area contributed by atoms with Gasteiger partial charge in [-0.15, -0.1) is 0 Å². The average molecular weight is 240 g/mol. The lowest BCUT2D eigenvalue weighted by Gasteiger charge is -2.10. The van der Waals surface area contributed by atoms with Crippen LogP contribution in [0.4, 0.5) is 11.4 Å². The third-order valence-electron chi connectivity index (χ3n) is 3.24. The number of ketones is 1. The smallest absolute Gasteiger partial charge is 0.193 e. The summed E-state index contributed by atoms with van der Waals surface area (Å²) in [5, 5.41) is 0. The maximum atomic E-state index is 12.5. The van der Waals surface area contributed by atoms with Crippen LogP contribution in [0.1, 0.15) is 27.0 Å². The lowest BCUT2D eigenvalue weighted by Crippen LogP contribution is -2.08. The molecule has 3 nitrogen and oxygen atoms in total. The molecule has 0 aliphatic rings. The number of hydrogen-bond donors (Lipinski definition) is 2. The highest BCUT2D eigenvalue weighted by Crippen LogP contribution is 2.23. The van der Waals surface area contributed by atoms with Gasteiger partial charge in [-0.2, -0.15) is 0 Å². The van der Waals surface area contributed by atoms with E-state index in [2.05, 4.69) is 0 Å². The van der Waals surface area contributed by atoms with Crippen LogP contribution in [0.3, 0.4) is 0 Å². The van der Waals surface area contributed by atoms with Gasteiger partial charge in [0.15, 0.2) is 5.78 Å². The molecule has 0 atom stereocenters. The summed E-state index contributed by atoms with van der Waals surface area (Å²) in [6.07, 6.45) is 0. The van der Waals surface area contributed by atoms with Crippen molar-refractivity contribution in [2.24, 2.45) is 0 Å². The van der Waals surface area contributed by atoms with Crippen molar-refractivity contribution in [3.63, 3.8) is 0 Å². The fourth-order valence-electron chi connectivity index (χ4n) is 1.94. The first-order valence-corrected chi connectivity index (χ1v) is 5.77. The third kappa shape index (κ3) is 1.95. The summed E-state index contributed by atoms with van der Waals surface area (Å²) in [4.78, 5) is 12.5. The van der Waals surface area contributed by atoms with E-state index >= 15 is 0 Å². The van der Waals surface area contributed by atoms with Crippen molar-refractivity contribution in [3.8, 4) is 0 Å². The highest BCUT2D eigenvalue weighted by molar-refractivity contribution is 6.11. The van der Waals surface area contributed by atoms with Crippen molar-refractivity contribution in [2.45, 2.75) is 13.8 Å². The monoisotopic (exact) mass is 240 g/mol. The number of nitrogens with two attached hydrogens (primary N) is 2. The number of nitrogen functional groups attached to an aromatic ring is 2. The van der Waals surface area contributed by atoms with Gasteiger partial charge in [0.05, 0.1) is 0 Å². The van der Waals surface area contributed by atoms with E-state index in [9.17, 15) is 4.79 Å². The standard InChI is InChI=1S/C15H16N2O/c1-9-11(5-3-7-13(9)16)15(18)12-6-4-8-14(17)10(12)2/h3-8H,16-17H2,1-2H3. The van der Waals surface area contributed by atoms with Crippen LogP contribution < -0.4 is 11.5 Å². The van der Waals surface area contributed by atoms with E-state index in [0.29, 0.717) is 22.5 Å². The topological polar surface area (TPSA) is 69.1 Å². The quantitative estimate of drug-likeness (QED) is 0.626. The van der Waals surface area contributed by atoms with Gasteiger partial charge in [-0.1, -0.05) is 24.3 Å². The molecule has 92 valence electrons. The highest BCUT2D eigenvalue weighted by atomic mass is 16.1. The SMILES string of the molecule is Cc1c(N)cccc1C(=O)c1cccc(N)c1C. The Labute approximate surface area is 106 Å². The first kappa shape index (κ1) is 12.2. The molecule has 0 unspecified atom stereocenters. The van der Waals surface area contributed by atoms with Crippen molar-refractivity contribution in [3.05, 3.63) is 58.7 Å². The van der Waals surface area contributed by atoms with E-state index < -0.39 is 0 Å². The molecule has 0 amide bonds. The molecule has 2 aromatic rings. The summed E-state index contributed by atoms with van der Waals surface area (Å²) in [7, 11) is 0. The Morgan fingerprint density at radius 2 is 1.22 bits per heavy atom. The Balaban J connectivity index is 2.55. The Morgan fingerprint density at radius 3 is 1.61 bits per heavy atom. The molecule has 0 saturated carbocycles. The first-order valence-electron chi connectivity index (χ1n) is 5.77. The molecule has 2 rings (SSSR count). The Bertz CT molecular complexity index is 564. The lowest BCUT2D eigenvalue weighted by atomic mass is 9.95. The second kappa shape index (κ2) is 4.53. The minimum atomic E-state index is -0.0374. The third-order valence-corrected chi connectivity index (χ3v) is 3.24. The number of hydrogen-bond acceptors (Lipinski definition) is 3. The number of rotatable bonds is 2. The van der Waals surface area contributed by atoms with Gasteiger partial charge in [-0.3, -0.25) is 4.79 Å². The van der Waals surface area contributed by atoms with Crippen molar-refractivity contribution < 1.29 is 4.79 Å². The summed E-state index contributed by atoms with van der Waals surface area (Å²) in [5.74, 6) is -0.0374. The number of carbonyl (C=O) groups is 1. The van der Waals surface area contributed by atoms with E-state index in [4.69, 9.17) is 11.5 Å². The second-order valence-electron chi connectivity index (χ2n) is 4.37. The van der Waals surface area contributed by atoms with Gasteiger partial charge in [0.2, 0.25) is 0 Å². The van der Waals surface area contributed by atoms with E-state index in [-0.39, 0.29) is 5.78 Å². The van der Waals surface area contributed by atoms with Crippen LogP contribution in [0.25, 0.3) is 0 Å². The van der Waals surface area contributed by atoms with E-state index in [1.165, 1.54) is 0 Å². The largest absolute Gasteiger partial charge is 0.398 e. The van der Waals surface area contributed by atoms with Gasteiger partial charge in [-0.25, -0.2) is 0 Å². The van der Waals surface area contributed by atoms with Crippen LogP contribution in [-0.4, -0.2) is 5.78 Å². The van der Waals surface area contributed by atoms with Crippen LogP contribution >= 0.6 is 0 Å². The van der Waals surface area contributed by atoms with Crippen molar-refractivity contribution in [1.29, 1.82) is 0 Å². The van der Waals surface area contributed by atoms with Crippen LogP contribution in [0.2, 0.25) is 0 Å². The molecular weight excluding hydrogens is 224 g/mol. The number of anilines is 2. The first-order chi connectivity index (χ1) is 8.52. The predicted molar refractivity (Wildman–Crippen MR) is 74.6 cm³/mol. The highest BCUT2D eigenvalue weighted by Gasteiger charge is 2.15. The fourth-order valence-corrected chi connectivity index (χ4v) is 1.94. The average Bonchev–Trinajstić information content (AvgIpc) is 2.35. The molecule has 0 aliphatic heterocycles. The summed E-state index contributed by atoms with van der Waals surface area (Å²) in [6.45, 7) is 3.70. The lowest BCUT2D eigenvalue weighted by molar-refractivity contribution is 0.103. The minimum absolute atomic E-state index is 0.0374. The Kier molecular flexibility index (Phi) is 3.06. The molecule has 0 fully saturated rings. The van der Waals surface area contributed by atoms with Crippen LogP contribution in [0.5, 0.6) is 0 Å². The molecule has 3 heteroatoms. The molecule has 0 bridgehead atoms. The summed E-state index contributed by atoms with van der Waals surface area (Å²) in [5.41, 5.74) is 15.8. The predicted octanol–water partition coefficient (Wildman–Crippen LogP) is 2.70. The van der Waals surface area contributed by atoms with E-state index in [1.54, 1.807) is 36.4 Å². The summed E-state index contributed by atoms with van der Waals surface area (Å²) < 4.78 is 0. The van der Waals surface area contributed by atoms with Gasteiger partial charge in [0.25, 0.3) is 0 Å². The van der Waals surface area contributed by atoms with Gasteiger partial charge in [-0.05, 0) is 37.1 Å². The zero-order valence-electron chi connectivity index (χ0n) is 10.5. The van der Waals surface area contributed by atoms with Gasteiger partial charge in [0.1, 0.15) is 0 Å².